The van der Waals surface area contributed by atoms with Crippen molar-refractivity contribution in [3.8, 4) is 11.6 Å². The highest BCUT2D eigenvalue weighted by Crippen LogP contribution is 2.15. The van der Waals surface area contributed by atoms with E-state index in [9.17, 15) is 24.6 Å². The zero-order chi connectivity index (χ0) is 18.7. The summed E-state index contributed by atoms with van der Waals surface area (Å²) >= 11 is 0. The van der Waals surface area contributed by atoms with E-state index in [1.165, 1.54) is 26.2 Å². The van der Waals surface area contributed by atoms with Crippen molar-refractivity contribution in [2.75, 3.05) is 0 Å². The van der Waals surface area contributed by atoms with Crippen molar-refractivity contribution in [1.29, 1.82) is 0 Å². The molecule has 2 aromatic rings. The minimum Gasteiger partial charge on any atom is -0.507 e. The molecular weight excluding hydrogens is 328 g/mol. The van der Waals surface area contributed by atoms with Crippen molar-refractivity contribution < 1.29 is 15.0 Å². The predicted octanol–water partition coefficient (Wildman–Crippen LogP) is 0.0393. The van der Waals surface area contributed by atoms with E-state index in [1.807, 2.05) is 0 Å². The van der Waals surface area contributed by atoms with Gasteiger partial charge in [0, 0.05) is 14.1 Å². The summed E-state index contributed by atoms with van der Waals surface area (Å²) < 4.78 is 1.75. The van der Waals surface area contributed by atoms with Crippen molar-refractivity contribution in [3.05, 3.63) is 56.2 Å². The van der Waals surface area contributed by atoms with Gasteiger partial charge in [0.2, 0.25) is 5.88 Å². The molecule has 0 atom stereocenters. The average molecular weight is 346 g/mol. The van der Waals surface area contributed by atoms with Crippen LogP contribution in [0.4, 0.5) is 0 Å². The van der Waals surface area contributed by atoms with Gasteiger partial charge in [-0.1, -0.05) is 19.1 Å². The predicted molar refractivity (Wildman–Crippen MR) is 91.0 cm³/mol. The quantitative estimate of drug-likeness (QED) is 0.532. The minimum atomic E-state index is -0.724. The van der Waals surface area contributed by atoms with E-state index in [-0.39, 0.29) is 29.0 Å². The van der Waals surface area contributed by atoms with Crippen molar-refractivity contribution in [2.45, 2.75) is 13.3 Å². The maximum atomic E-state index is 12.3. The molecule has 3 N–H and O–H groups in total. The first kappa shape index (κ1) is 18.0. The molecule has 0 radical (unpaired) electrons. The third-order valence-electron chi connectivity index (χ3n) is 3.70. The highest BCUT2D eigenvalue weighted by Gasteiger charge is 2.19. The first-order valence-corrected chi connectivity index (χ1v) is 7.43. The summed E-state index contributed by atoms with van der Waals surface area (Å²) in [7, 11) is 2.59. The van der Waals surface area contributed by atoms with Crippen LogP contribution >= 0.6 is 0 Å². The van der Waals surface area contributed by atoms with Crippen LogP contribution in [0, 0.1) is 0 Å². The number of carbonyl (C=O) groups excluding carboxylic acids is 1. The molecule has 9 nitrogen and oxygen atoms in total. The molecule has 2 rings (SSSR count). The zero-order valence-corrected chi connectivity index (χ0v) is 14.0. The third-order valence-corrected chi connectivity index (χ3v) is 3.70. The lowest BCUT2D eigenvalue weighted by Gasteiger charge is -2.11. The zero-order valence-electron chi connectivity index (χ0n) is 14.0. The number of amides is 1. The Bertz CT molecular complexity index is 971. The first-order chi connectivity index (χ1) is 11.8. The van der Waals surface area contributed by atoms with Gasteiger partial charge in [-0.2, -0.15) is 5.10 Å². The molecule has 0 aliphatic heterocycles. The molecule has 0 bridgehead atoms. The van der Waals surface area contributed by atoms with Crippen molar-refractivity contribution in [2.24, 2.45) is 19.2 Å². The molecule has 1 heterocycles. The van der Waals surface area contributed by atoms with Crippen molar-refractivity contribution in [1.82, 2.24) is 14.6 Å². The van der Waals surface area contributed by atoms with Gasteiger partial charge in [-0.3, -0.25) is 18.7 Å². The number of phenolic OH excluding ortho intramolecular Hbond substituents is 1. The van der Waals surface area contributed by atoms with Gasteiger partial charge in [-0.05, 0) is 18.6 Å². The third kappa shape index (κ3) is 3.30. The highest BCUT2D eigenvalue weighted by atomic mass is 16.3. The SMILES string of the molecule is CC/C(=N\NC(=O)c1ccccc1O)c1c(O)n(C)c(=O)n(C)c1=O. The fourth-order valence-corrected chi connectivity index (χ4v) is 2.24. The van der Waals surface area contributed by atoms with E-state index in [1.54, 1.807) is 19.1 Å². The molecular formula is C16H18N4O5. The van der Waals surface area contributed by atoms with Gasteiger partial charge in [0.05, 0.1) is 11.3 Å². The van der Waals surface area contributed by atoms with E-state index < -0.39 is 23.0 Å². The molecule has 0 spiro atoms. The Kier molecular flexibility index (Phi) is 5.06. The van der Waals surface area contributed by atoms with E-state index in [2.05, 4.69) is 10.5 Å². The second-order valence-electron chi connectivity index (χ2n) is 5.27. The van der Waals surface area contributed by atoms with Crippen LogP contribution in [0.1, 0.15) is 29.3 Å². The lowest BCUT2D eigenvalue weighted by molar-refractivity contribution is 0.0952. The summed E-state index contributed by atoms with van der Waals surface area (Å²) in [5.74, 6) is -1.43. The van der Waals surface area contributed by atoms with Crippen molar-refractivity contribution in [3.63, 3.8) is 0 Å². The summed E-state index contributed by atoms with van der Waals surface area (Å²) in [5, 5.41) is 23.7. The fourth-order valence-electron chi connectivity index (χ4n) is 2.24. The summed E-state index contributed by atoms with van der Waals surface area (Å²) in [6, 6.07) is 5.91. The number of benzene rings is 1. The first-order valence-electron chi connectivity index (χ1n) is 7.43. The number of hydrogen-bond donors (Lipinski definition) is 3. The molecule has 0 aliphatic carbocycles. The van der Waals surface area contributed by atoms with Crippen molar-refractivity contribution >= 4 is 11.6 Å². The molecule has 132 valence electrons. The van der Waals surface area contributed by atoms with Crippen LogP contribution in [-0.4, -0.2) is 31.0 Å². The molecule has 0 saturated carbocycles. The number of hydrazone groups is 1. The number of aromatic nitrogens is 2. The van der Waals surface area contributed by atoms with Crippen LogP contribution in [0.15, 0.2) is 39.0 Å². The van der Waals surface area contributed by atoms with Crippen LogP contribution < -0.4 is 16.7 Å². The molecule has 1 aromatic heterocycles. The van der Waals surface area contributed by atoms with Gasteiger partial charge in [-0.15, -0.1) is 0 Å². The molecule has 25 heavy (non-hydrogen) atoms. The van der Waals surface area contributed by atoms with Gasteiger partial charge in [0.25, 0.3) is 11.5 Å². The minimum absolute atomic E-state index is 0.0132. The Labute approximate surface area is 142 Å². The maximum Gasteiger partial charge on any atom is 0.333 e. The Morgan fingerprint density at radius 1 is 1.16 bits per heavy atom. The molecule has 0 aliphatic rings. The molecule has 0 fully saturated rings. The Balaban J connectivity index is 2.46. The lowest BCUT2D eigenvalue weighted by atomic mass is 10.1. The molecule has 0 saturated heterocycles. The van der Waals surface area contributed by atoms with Gasteiger partial charge in [-0.25, -0.2) is 10.2 Å². The van der Waals surface area contributed by atoms with E-state index in [0.717, 1.165) is 9.13 Å². The fraction of sp³-hybridized carbons (Fsp3) is 0.250. The van der Waals surface area contributed by atoms with Crippen LogP contribution in [0.2, 0.25) is 0 Å². The number of phenols is 1. The molecule has 1 aromatic carbocycles. The van der Waals surface area contributed by atoms with Gasteiger partial charge in [0.15, 0.2) is 0 Å². The molecule has 0 unspecified atom stereocenters. The van der Waals surface area contributed by atoms with E-state index in [4.69, 9.17) is 0 Å². The number of hydrogen-bond acceptors (Lipinski definition) is 6. The van der Waals surface area contributed by atoms with Crippen LogP contribution in [0.25, 0.3) is 0 Å². The highest BCUT2D eigenvalue weighted by molar-refractivity contribution is 6.03. The number of nitrogens with zero attached hydrogens (tertiary/aromatic N) is 3. The standard InChI is InChI=1S/C16H18N4O5/c1-4-10(12-14(23)19(2)16(25)20(3)15(12)24)17-18-13(22)9-7-5-6-8-11(9)21/h5-8,21,23H,4H2,1-3H3,(H,18,22)/b17-10+. The summed E-state index contributed by atoms with van der Waals surface area (Å²) in [6.45, 7) is 1.68. The van der Waals surface area contributed by atoms with E-state index >= 15 is 0 Å². The maximum absolute atomic E-state index is 12.3. The lowest BCUT2D eigenvalue weighted by Crippen LogP contribution is -2.40. The Morgan fingerprint density at radius 2 is 1.80 bits per heavy atom. The number of para-hydroxylation sites is 1. The Morgan fingerprint density at radius 3 is 2.40 bits per heavy atom. The topological polar surface area (TPSA) is 126 Å². The second-order valence-corrected chi connectivity index (χ2v) is 5.27. The van der Waals surface area contributed by atoms with Gasteiger partial charge >= 0.3 is 5.69 Å². The number of aromatic hydroxyl groups is 2. The van der Waals surface area contributed by atoms with Crippen LogP contribution in [0.3, 0.4) is 0 Å². The van der Waals surface area contributed by atoms with Gasteiger partial charge < -0.3 is 10.2 Å². The van der Waals surface area contributed by atoms with Crippen LogP contribution in [-0.2, 0) is 14.1 Å². The normalized spacial score (nSPS) is 11.4. The Hall–Kier alpha value is -3.36. The summed E-state index contributed by atoms with van der Waals surface area (Å²) in [5.41, 5.74) is 0.767. The smallest absolute Gasteiger partial charge is 0.333 e. The van der Waals surface area contributed by atoms with Gasteiger partial charge in [0.1, 0.15) is 11.3 Å². The summed E-state index contributed by atoms with van der Waals surface area (Å²) in [4.78, 5) is 36.2. The largest absolute Gasteiger partial charge is 0.507 e. The monoisotopic (exact) mass is 346 g/mol. The molecule has 9 heteroatoms. The van der Waals surface area contributed by atoms with E-state index in [0.29, 0.717) is 0 Å². The molecule has 1 amide bonds. The number of nitrogens with one attached hydrogen (secondary N) is 1. The average Bonchev–Trinajstić information content (AvgIpc) is 2.61. The second kappa shape index (κ2) is 7.04. The summed E-state index contributed by atoms with van der Waals surface area (Å²) in [6.07, 6.45) is 0.210. The van der Waals surface area contributed by atoms with Crippen LogP contribution in [0.5, 0.6) is 11.6 Å². The number of rotatable bonds is 4. The number of carbonyl (C=O) groups is 1.